The largest absolute Gasteiger partial charge is 0.390 e. The third kappa shape index (κ3) is 5.26. The summed E-state index contributed by atoms with van der Waals surface area (Å²) >= 11 is 0. The number of terminal acetylenes is 1. The number of halogens is 4. The summed E-state index contributed by atoms with van der Waals surface area (Å²) in [5.41, 5.74) is -0.576. The van der Waals surface area contributed by atoms with E-state index in [1.165, 1.54) is 11.0 Å². The van der Waals surface area contributed by atoms with Gasteiger partial charge in [-0.25, -0.2) is 4.39 Å². The molecule has 0 atom stereocenters. The number of benzene rings is 2. The summed E-state index contributed by atoms with van der Waals surface area (Å²) in [6.07, 6.45) is 0.162. The first kappa shape index (κ1) is 21.3. The maximum absolute atomic E-state index is 13.8. The minimum absolute atomic E-state index is 0.101. The van der Waals surface area contributed by atoms with Gasteiger partial charge >= 0.3 is 6.18 Å². The molecule has 0 spiro atoms. The lowest BCUT2D eigenvalue weighted by molar-refractivity contribution is -0.131. The van der Waals surface area contributed by atoms with Crippen LogP contribution >= 0.6 is 0 Å². The first-order chi connectivity index (χ1) is 13.0. The molecule has 28 heavy (non-hydrogen) atoms. The second kappa shape index (κ2) is 8.34. The summed E-state index contributed by atoms with van der Waals surface area (Å²) in [7, 11) is 0. The van der Waals surface area contributed by atoms with Crippen LogP contribution in [0.5, 0.6) is 0 Å². The molecule has 0 aromatic heterocycles. The highest BCUT2D eigenvalue weighted by atomic mass is 19.4. The highest BCUT2D eigenvalue weighted by molar-refractivity contribution is 6.10. The lowest BCUT2D eigenvalue weighted by atomic mass is 10.00. The number of para-hydroxylation sites is 1. The van der Waals surface area contributed by atoms with Gasteiger partial charge in [-0.05, 0) is 44.2 Å². The summed E-state index contributed by atoms with van der Waals surface area (Å²) < 4.78 is 51.2. The van der Waals surface area contributed by atoms with Crippen molar-refractivity contribution < 1.29 is 22.4 Å². The van der Waals surface area contributed by atoms with Gasteiger partial charge in [-0.1, -0.05) is 24.1 Å². The van der Waals surface area contributed by atoms with E-state index in [-0.39, 0.29) is 11.3 Å². The minimum Gasteiger partial charge on any atom is -0.384 e. The van der Waals surface area contributed by atoms with E-state index < -0.39 is 36.4 Å². The Labute approximate surface area is 161 Å². The van der Waals surface area contributed by atoms with Crippen LogP contribution in [0.1, 0.15) is 30.6 Å². The van der Waals surface area contributed by atoms with Gasteiger partial charge in [-0.2, -0.15) is 13.2 Å². The molecular weight excluding hydrogens is 372 g/mol. The Morgan fingerprint density at radius 2 is 1.79 bits per heavy atom. The summed E-state index contributed by atoms with van der Waals surface area (Å²) in [6, 6.07) is 11.9. The number of amides is 1. The van der Waals surface area contributed by atoms with E-state index in [1.807, 2.05) is 0 Å². The standard InChI is InChI=1S/C21H20F4N2O/c1-4-20(2,3)27(16-8-6-5-7-9-16)19(28)17-14-15(22)10-11-18(17)26-13-12-21(23,24)25/h1,5-11,14,26H,12-13H2,2-3H3. The fourth-order valence-electron chi connectivity index (χ4n) is 2.64. The quantitative estimate of drug-likeness (QED) is 0.538. The van der Waals surface area contributed by atoms with E-state index in [1.54, 1.807) is 44.2 Å². The second-order valence-electron chi connectivity index (χ2n) is 6.66. The predicted molar refractivity (Wildman–Crippen MR) is 102 cm³/mol. The van der Waals surface area contributed by atoms with Crippen LogP contribution in [0.2, 0.25) is 0 Å². The smallest absolute Gasteiger partial charge is 0.384 e. The zero-order chi connectivity index (χ0) is 20.9. The maximum Gasteiger partial charge on any atom is 0.390 e. The fourth-order valence-corrected chi connectivity index (χ4v) is 2.64. The number of hydrogen-bond donors (Lipinski definition) is 1. The highest BCUT2D eigenvalue weighted by Gasteiger charge is 2.33. The van der Waals surface area contributed by atoms with Gasteiger partial charge in [-0.3, -0.25) is 9.69 Å². The number of carbonyl (C=O) groups excluding carboxylic acids is 1. The number of carbonyl (C=O) groups is 1. The molecule has 0 radical (unpaired) electrons. The lowest BCUT2D eigenvalue weighted by Crippen LogP contribution is -2.47. The summed E-state index contributed by atoms with van der Waals surface area (Å²) in [5, 5.41) is 2.57. The van der Waals surface area contributed by atoms with Crippen molar-refractivity contribution in [3.8, 4) is 12.3 Å². The van der Waals surface area contributed by atoms with Crippen molar-refractivity contribution in [2.24, 2.45) is 0 Å². The van der Waals surface area contributed by atoms with Crippen molar-refractivity contribution in [3.05, 3.63) is 59.9 Å². The lowest BCUT2D eigenvalue weighted by Gasteiger charge is -2.35. The molecule has 7 heteroatoms. The van der Waals surface area contributed by atoms with Gasteiger partial charge in [0.25, 0.3) is 5.91 Å². The van der Waals surface area contributed by atoms with Crippen LogP contribution in [-0.4, -0.2) is 24.2 Å². The van der Waals surface area contributed by atoms with Crippen molar-refractivity contribution >= 4 is 17.3 Å². The molecule has 0 fully saturated rings. The van der Waals surface area contributed by atoms with Crippen molar-refractivity contribution in [2.75, 3.05) is 16.8 Å². The average molecular weight is 392 g/mol. The van der Waals surface area contributed by atoms with E-state index in [0.717, 1.165) is 12.1 Å². The Kier molecular flexibility index (Phi) is 6.34. The van der Waals surface area contributed by atoms with Crippen LogP contribution in [0.15, 0.2) is 48.5 Å². The maximum atomic E-state index is 13.8. The molecule has 3 nitrogen and oxygen atoms in total. The van der Waals surface area contributed by atoms with E-state index in [0.29, 0.717) is 5.69 Å². The van der Waals surface area contributed by atoms with Gasteiger partial charge in [-0.15, -0.1) is 6.42 Å². The Balaban J connectivity index is 2.44. The predicted octanol–water partition coefficient (Wildman–Crippen LogP) is 5.25. The Hall–Kier alpha value is -3.01. The van der Waals surface area contributed by atoms with Crippen LogP contribution in [-0.2, 0) is 0 Å². The Morgan fingerprint density at radius 3 is 2.36 bits per heavy atom. The van der Waals surface area contributed by atoms with Crippen molar-refractivity contribution in [2.45, 2.75) is 32.0 Å². The number of nitrogens with zero attached hydrogens (tertiary/aromatic N) is 1. The van der Waals surface area contributed by atoms with Crippen LogP contribution < -0.4 is 10.2 Å². The zero-order valence-corrected chi connectivity index (χ0v) is 15.5. The molecule has 0 saturated heterocycles. The average Bonchev–Trinajstić information content (AvgIpc) is 2.62. The van der Waals surface area contributed by atoms with E-state index >= 15 is 0 Å². The fraction of sp³-hybridized carbons (Fsp3) is 0.286. The molecule has 2 aromatic carbocycles. The Bertz CT molecular complexity index is 870. The molecule has 0 unspecified atom stereocenters. The summed E-state index contributed by atoms with van der Waals surface area (Å²) in [6.45, 7) is 2.85. The third-order valence-electron chi connectivity index (χ3n) is 4.07. The van der Waals surface area contributed by atoms with Crippen molar-refractivity contribution in [1.82, 2.24) is 0 Å². The van der Waals surface area contributed by atoms with Gasteiger partial charge in [0.05, 0.1) is 12.0 Å². The van der Waals surface area contributed by atoms with Gasteiger partial charge in [0.2, 0.25) is 0 Å². The SMILES string of the molecule is C#CC(C)(C)N(C(=O)c1cc(F)ccc1NCCC(F)(F)F)c1ccccc1. The van der Waals surface area contributed by atoms with Crippen LogP contribution in [0.3, 0.4) is 0 Å². The molecule has 0 saturated carbocycles. The number of alkyl halides is 3. The van der Waals surface area contributed by atoms with E-state index in [2.05, 4.69) is 11.2 Å². The summed E-state index contributed by atoms with van der Waals surface area (Å²) in [5.74, 6) is 1.22. The van der Waals surface area contributed by atoms with E-state index in [4.69, 9.17) is 6.42 Å². The molecule has 0 aliphatic carbocycles. The first-order valence-corrected chi connectivity index (χ1v) is 8.53. The molecule has 0 heterocycles. The normalized spacial score (nSPS) is 11.6. The van der Waals surface area contributed by atoms with Crippen LogP contribution in [0, 0.1) is 18.2 Å². The molecule has 2 rings (SSSR count). The second-order valence-corrected chi connectivity index (χ2v) is 6.66. The molecule has 1 N–H and O–H groups in total. The van der Waals surface area contributed by atoms with Crippen molar-refractivity contribution in [3.63, 3.8) is 0 Å². The van der Waals surface area contributed by atoms with Crippen LogP contribution in [0.25, 0.3) is 0 Å². The first-order valence-electron chi connectivity index (χ1n) is 8.53. The number of anilines is 2. The van der Waals surface area contributed by atoms with Crippen LogP contribution in [0.4, 0.5) is 28.9 Å². The number of hydrogen-bond acceptors (Lipinski definition) is 2. The van der Waals surface area contributed by atoms with Gasteiger partial charge in [0.15, 0.2) is 0 Å². The molecule has 1 amide bonds. The molecular formula is C21H20F4N2O. The molecule has 2 aromatic rings. The number of nitrogens with one attached hydrogen (secondary N) is 1. The molecule has 0 bridgehead atoms. The summed E-state index contributed by atoms with van der Waals surface area (Å²) in [4.78, 5) is 14.6. The minimum atomic E-state index is -4.35. The topological polar surface area (TPSA) is 32.3 Å². The molecule has 0 aliphatic rings. The number of rotatable bonds is 6. The van der Waals surface area contributed by atoms with Gasteiger partial charge in [0.1, 0.15) is 11.4 Å². The third-order valence-corrected chi connectivity index (χ3v) is 4.07. The molecule has 148 valence electrons. The zero-order valence-electron chi connectivity index (χ0n) is 15.5. The Morgan fingerprint density at radius 1 is 1.14 bits per heavy atom. The monoisotopic (exact) mass is 392 g/mol. The highest BCUT2D eigenvalue weighted by Crippen LogP contribution is 2.29. The van der Waals surface area contributed by atoms with Gasteiger partial charge < -0.3 is 5.32 Å². The van der Waals surface area contributed by atoms with E-state index in [9.17, 15) is 22.4 Å². The molecule has 0 aliphatic heterocycles. The van der Waals surface area contributed by atoms with Crippen molar-refractivity contribution in [1.29, 1.82) is 0 Å². The van der Waals surface area contributed by atoms with Gasteiger partial charge in [0, 0.05) is 17.9 Å².